The van der Waals surface area contributed by atoms with Crippen molar-refractivity contribution in [1.82, 2.24) is 9.97 Å². The van der Waals surface area contributed by atoms with Crippen LogP contribution in [0.1, 0.15) is 11.1 Å². The SMILES string of the molecule is COc1cc2c(N3CCc4cc(F)ccc4C3)ncnc2cc1F. The minimum atomic E-state index is -0.450. The van der Waals surface area contributed by atoms with Crippen molar-refractivity contribution in [2.24, 2.45) is 0 Å². The normalized spacial score (nSPS) is 13.9. The summed E-state index contributed by atoms with van der Waals surface area (Å²) in [5.41, 5.74) is 2.62. The maximum absolute atomic E-state index is 13.9. The lowest BCUT2D eigenvalue weighted by molar-refractivity contribution is 0.387. The number of fused-ring (bicyclic) bond motifs is 2. The van der Waals surface area contributed by atoms with Crippen LogP contribution in [0.3, 0.4) is 0 Å². The zero-order chi connectivity index (χ0) is 16.7. The van der Waals surface area contributed by atoms with Crippen molar-refractivity contribution in [3.63, 3.8) is 0 Å². The summed E-state index contributed by atoms with van der Waals surface area (Å²) in [5, 5.41) is 0.737. The molecule has 0 amide bonds. The van der Waals surface area contributed by atoms with E-state index in [1.54, 1.807) is 18.2 Å². The standard InChI is InChI=1S/C18H15F2N3O/c1-24-17-7-14-16(8-15(17)20)21-10-22-18(14)23-5-4-11-6-13(19)3-2-12(11)9-23/h2-3,6-8,10H,4-5,9H2,1H3. The van der Waals surface area contributed by atoms with E-state index in [4.69, 9.17) is 4.74 Å². The fraction of sp³-hybridized carbons (Fsp3) is 0.222. The van der Waals surface area contributed by atoms with Gasteiger partial charge in [0.1, 0.15) is 18.0 Å². The summed E-state index contributed by atoms with van der Waals surface area (Å²) in [7, 11) is 1.43. The van der Waals surface area contributed by atoms with Gasteiger partial charge in [-0.15, -0.1) is 0 Å². The van der Waals surface area contributed by atoms with Gasteiger partial charge in [-0.2, -0.15) is 0 Å². The van der Waals surface area contributed by atoms with Gasteiger partial charge in [-0.25, -0.2) is 18.7 Å². The van der Waals surface area contributed by atoms with Gasteiger partial charge < -0.3 is 9.64 Å². The average Bonchev–Trinajstić information content (AvgIpc) is 2.60. The molecule has 0 saturated heterocycles. The average molecular weight is 327 g/mol. The molecule has 3 aromatic rings. The van der Waals surface area contributed by atoms with Crippen molar-refractivity contribution in [3.8, 4) is 5.75 Å². The highest BCUT2D eigenvalue weighted by atomic mass is 19.1. The molecule has 122 valence electrons. The second-order valence-corrected chi connectivity index (χ2v) is 5.79. The van der Waals surface area contributed by atoms with E-state index in [9.17, 15) is 8.78 Å². The third-order valence-corrected chi connectivity index (χ3v) is 4.37. The molecular formula is C18H15F2N3O. The second-order valence-electron chi connectivity index (χ2n) is 5.79. The van der Waals surface area contributed by atoms with Gasteiger partial charge in [-0.1, -0.05) is 6.07 Å². The molecule has 0 radical (unpaired) electrons. The smallest absolute Gasteiger partial charge is 0.167 e. The number of methoxy groups -OCH3 is 1. The Bertz CT molecular complexity index is 930. The molecule has 4 nitrogen and oxygen atoms in total. The van der Waals surface area contributed by atoms with Gasteiger partial charge in [-0.05, 0) is 35.7 Å². The van der Waals surface area contributed by atoms with Crippen LogP contribution in [0.25, 0.3) is 10.9 Å². The molecule has 0 spiro atoms. The largest absolute Gasteiger partial charge is 0.494 e. The molecule has 6 heteroatoms. The number of anilines is 1. The molecule has 24 heavy (non-hydrogen) atoms. The van der Waals surface area contributed by atoms with Gasteiger partial charge in [0.05, 0.1) is 12.6 Å². The van der Waals surface area contributed by atoms with Crippen LogP contribution in [0.4, 0.5) is 14.6 Å². The highest BCUT2D eigenvalue weighted by Gasteiger charge is 2.21. The fourth-order valence-electron chi connectivity index (χ4n) is 3.15. The molecule has 0 atom stereocenters. The Hall–Kier alpha value is -2.76. The number of aromatic nitrogens is 2. The molecule has 2 aromatic carbocycles. The van der Waals surface area contributed by atoms with Crippen molar-refractivity contribution >= 4 is 16.7 Å². The number of nitrogens with zero attached hydrogens (tertiary/aromatic N) is 3. The Balaban J connectivity index is 1.78. The van der Waals surface area contributed by atoms with Gasteiger partial charge in [0.15, 0.2) is 11.6 Å². The maximum atomic E-state index is 13.9. The topological polar surface area (TPSA) is 38.2 Å². The molecular weight excluding hydrogens is 312 g/mol. The summed E-state index contributed by atoms with van der Waals surface area (Å²) >= 11 is 0. The maximum Gasteiger partial charge on any atom is 0.167 e. The van der Waals surface area contributed by atoms with E-state index in [1.165, 1.54) is 25.6 Å². The minimum Gasteiger partial charge on any atom is -0.494 e. The Morgan fingerprint density at radius 2 is 1.96 bits per heavy atom. The zero-order valence-corrected chi connectivity index (χ0v) is 13.1. The molecule has 0 fully saturated rings. The third kappa shape index (κ3) is 2.44. The predicted octanol–water partition coefficient (Wildman–Crippen LogP) is 3.48. The monoisotopic (exact) mass is 327 g/mol. The molecule has 1 aliphatic rings. The number of benzene rings is 2. The first-order valence-corrected chi connectivity index (χ1v) is 7.66. The Morgan fingerprint density at radius 3 is 2.79 bits per heavy atom. The second kappa shape index (κ2) is 5.70. The van der Waals surface area contributed by atoms with Crippen LogP contribution < -0.4 is 9.64 Å². The number of ether oxygens (including phenoxy) is 1. The number of hydrogen-bond donors (Lipinski definition) is 0. The molecule has 0 bridgehead atoms. The summed E-state index contributed by atoms with van der Waals surface area (Å²) in [4.78, 5) is 10.6. The van der Waals surface area contributed by atoms with E-state index < -0.39 is 5.82 Å². The van der Waals surface area contributed by atoms with Crippen molar-refractivity contribution < 1.29 is 13.5 Å². The van der Waals surface area contributed by atoms with Crippen LogP contribution in [-0.2, 0) is 13.0 Å². The Morgan fingerprint density at radius 1 is 1.08 bits per heavy atom. The van der Waals surface area contributed by atoms with Gasteiger partial charge in [-0.3, -0.25) is 0 Å². The van der Waals surface area contributed by atoms with E-state index in [-0.39, 0.29) is 11.6 Å². The van der Waals surface area contributed by atoms with E-state index >= 15 is 0 Å². The molecule has 0 saturated carbocycles. The number of hydrogen-bond acceptors (Lipinski definition) is 4. The molecule has 1 aromatic heterocycles. The van der Waals surface area contributed by atoms with E-state index in [1.807, 2.05) is 0 Å². The lowest BCUT2D eigenvalue weighted by Crippen LogP contribution is -2.31. The van der Waals surface area contributed by atoms with E-state index in [0.29, 0.717) is 18.6 Å². The van der Waals surface area contributed by atoms with Gasteiger partial charge >= 0.3 is 0 Å². The van der Waals surface area contributed by atoms with E-state index in [0.717, 1.165) is 28.8 Å². The highest BCUT2D eigenvalue weighted by molar-refractivity contribution is 5.90. The first-order valence-electron chi connectivity index (χ1n) is 7.66. The predicted molar refractivity (Wildman–Crippen MR) is 87.2 cm³/mol. The fourth-order valence-corrected chi connectivity index (χ4v) is 3.15. The van der Waals surface area contributed by atoms with Crippen LogP contribution >= 0.6 is 0 Å². The Kier molecular flexibility index (Phi) is 3.52. The summed E-state index contributed by atoms with van der Waals surface area (Å²) in [6, 6.07) is 7.84. The molecule has 0 N–H and O–H groups in total. The zero-order valence-electron chi connectivity index (χ0n) is 13.1. The quantitative estimate of drug-likeness (QED) is 0.722. The van der Waals surface area contributed by atoms with Crippen LogP contribution in [0.2, 0.25) is 0 Å². The van der Waals surface area contributed by atoms with Crippen LogP contribution in [-0.4, -0.2) is 23.6 Å². The highest BCUT2D eigenvalue weighted by Crippen LogP contribution is 2.32. The van der Waals surface area contributed by atoms with Crippen LogP contribution in [0.5, 0.6) is 5.75 Å². The van der Waals surface area contributed by atoms with Gasteiger partial charge in [0, 0.05) is 24.5 Å². The number of halogens is 2. The lowest BCUT2D eigenvalue weighted by atomic mass is 9.99. The molecule has 0 aliphatic carbocycles. The molecule has 4 rings (SSSR count). The van der Waals surface area contributed by atoms with Gasteiger partial charge in [0.2, 0.25) is 0 Å². The van der Waals surface area contributed by atoms with Crippen LogP contribution in [0.15, 0.2) is 36.7 Å². The summed E-state index contributed by atoms with van der Waals surface area (Å²) in [6.45, 7) is 1.34. The van der Waals surface area contributed by atoms with Crippen molar-refractivity contribution in [1.29, 1.82) is 0 Å². The molecule has 0 unspecified atom stereocenters. The Labute approximate surface area is 137 Å². The summed E-state index contributed by atoms with van der Waals surface area (Å²) < 4.78 is 32.3. The summed E-state index contributed by atoms with van der Waals surface area (Å²) in [6.07, 6.45) is 2.17. The van der Waals surface area contributed by atoms with Crippen molar-refractivity contribution in [2.45, 2.75) is 13.0 Å². The van der Waals surface area contributed by atoms with E-state index in [2.05, 4.69) is 14.9 Å². The first kappa shape index (κ1) is 14.8. The molecule has 1 aliphatic heterocycles. The molecule has 2 heterocycles. The van der Waals surface area contributed by atoms with Gasteiger partial charge in [0.25, 0.3) is 0 Å². The number of rotatable bonds is 2. The summed E-state index contributed by atoms with van der Waals surface area (Å²) in [5.74, 6) is 0.232. The third-order valence-electron chi connectivity index (χ3n) is 4.37. The first-order chi connectivity index (χ1) is 11.7. The lowest BCUT2D eigenvalue weighted by Gasteiger charge is -2.30. The van der Waals surface area contributed by atoms with Crippen molar-refractivity contribution in [3.05, 3.63) is 59.4 Å². The minimum absolute atomic E-state index is 0.165. The van der Waals surface area contributed by atoms with Crippen LogP contribution in [0, 0.1) is 11.6 Å². The van der Waals surface area contributed by atoms with Crippen molar-refractivity contribution in [2.75, 3.05) is 18.6 Å².